The normalized spacial score (nSPS) is 19.8. The topological polar surface area (TPSA) is 50.5 Å². The first-order valence-corrected chi connectivity index (χ1v) is 11.4. The van der Waals surface area contributed by atoms with Crippen LogP contribution in [0.25, 0.3) is 32.9 Å². The second-order valence-electron chi connectivity index (χ2n) is 9.00. The zero-order valence-corrected chi connectivity index (χ0v) is 19.0. The van der Waals surface area contributed by atoms with Gasteiger partial charge in [-0.1, -0.05) is 24.3 Å². The number of benzene rings is 2. The molecule has 2 aromatic carbocycles. The first kappa shape index (κ1) is 22.7. The van der Waals surface area contributed by atoms with Gasteiger partial charge in [-0.3, -0.25) is 4.90 Å². The van der Waals surface area contributed by atoms with E-state index in [1.807, 2.05) is 32.0 Å². The molecule has 1 aliphatic rings. The van der Waals surface area contributed by atoms with Crippen LogP contribution in [0.5, 0.6) is 5.75 Å². The maximum Gasteiger partial charge on any atom is 0.435 e. The standard InChI is InChI=1S/C26H26F3N3O2/c1-16-14-31(15-17(2)34-16)11-12-32-23-13-19(18-3-6-20(33)7-4-18)5-8-21(23)22-9-10-30-25(24(22)32)26(27,28)29/h3-10,13,16-17,33H,11-12,14-15H2,1-2H3. The zero-order valence-electron chi connectivity index (χ0n) is 19.0. The minimum Gasteiger partial charge on any atom is -0.508 e. The van der Waals surface area contributed by atoms with Crippen LogP contribution in [-0.2, 0) is 17.5 Å². The second-order valence-corrected chi connectivity index (χ2v) is 9.00. The van der Waals surface area contributed by atoms with E-state index in [1.165, 1.54) is 6.20 Å². The number of phenolic OH excluding ortho intramolecular Hbond substituents is 1. The van der Waals surface area contributed by atoms with E-state index in [0.717, 1.165) is 35.1 Å². The van der Waals surface area contributed by atoms with Gasteiger partial charge in [0, 0.05) is 48.7 Å². The molecular weight excluding hydrogens is 443 g/mol. The molecular formula is C26H26F3N3O2. The van der Waals surface area contributed by atoms with Gasteiger partial charge in [-0.2, -0.15) is 13.2 Å². The van der Waals surface area contributed by atoms with Crippen molar-refractivity contribution >= 4 is 21.8 Å². The highest BCUT2D eigenvalue weighted by Gasteiger charge is 2.36. The molecule has 5 rings (SSSR count). The molecule has 4 aromatic rings. The van der Waals surface area contributed by atoms with E-state index >= 15 is 0 Å². The molecule has 2 aromatic heterocycles. The number of aromatic nitrogens is 2. The van der Waals surface area contributed by atoms with Crippen LogP contribution in [0, 0.1) is 0 Å². The number of alkyl halides is 3. The maximum absolute atomic E-state index is 14.0. The Morgan fingerprint density at radius 1 is 0.941 bits per heavy atom. The number of morpholine rings is 1. The summed E-state index contributed by atoms with van der Waals surface area (Å²) in [5.74, 6) is 0.161. The van der Waals surface area contributed by atoms with E-state index in [1.54, 1.807) is 34.9 Å². The highest BCUT2D eigenvalue weighted by atomic mass is 19.4. The number of fused-ring (bicyclic) bond motifs is 3. The SMILES string of the molecule is CC1CN(CCn2c3cc(-c4ccc(O)cc4)ccc3c3ccnc(C(F)(F)F)c32)CC(C)O1. The Morgan fingerprint density at radius 2 is 1.62 bits per heavy atom. The van der Waals surface area contributed by atoms with Crippen LogP contribution in [-0.4, -0.2) is 51.4 Å². The molecule has 0 radical (unpaired) electrons. The van der Waals surface area contributed by atoms with Crippen LogP contribution in [0.4, 0.5) is 13.2 Å². The molecule has 8 heteroatoms. The molecule has 178 valence electrons. The quantitative estimate of drug-likeness (QED) is 0.417. The summed E-state index contributed by atoms with van der Waals surface area (Å²) >= 11 is 0. The van der Waals surface area contributed by atoms with Gasteiger partial charge in [0.25, 0.3) is 0 Å². The van der Waals surface area contributed by atoms with E-state index in [0.29, 0.717) is 18.5 Å². The lowest BCUT2D eigenvalue weighted by molar-refractivity contribution is -0.140. The third kappa shape index (κ3) is 4.23. The number of phenols is 1. The highest BCUT2D eigenvalue weighted by molar-refractivity contribution is 6.09. The fourth-order valence-electron chi connectivity index (χ4n) is 5.03. The third-order valence-corrected chi connectivity index (χ3v) is 6.38. The fraction of sp³-hybridized carbons (Fsp3) is 0.346. The van der Waals surface area contributed by atoms with Crippen molar-refractivity contribution in [1.82, 2.24) is 14.5 Å². The Labute approximate surface area is 195 Å². The van der Waals surface area contributed by atoms with Crippen molar-refractivity contribution in [2.24, 2.45) is 0 Å². The Morgan fingerprint density at radius 3 is 2.29 bits per heavy atom. The average molecular weight is 470 g/mol. The number of rotatable bonds is 4. The van der Waals surface area contributed by atoms with Crippen LogP contribution in [0.1, 0.15) is 19.5 Å². The summed E-state index contributed by atoms with van der Waals surface area (Å²) in [7, 11) is 0. The lowest BCUT2D eigenvalue weighted by Crippen LogP contribution is -2.46. The Hall–Kier alpha value is -3.10. The Kier molecular flexibility index (Phi) is 5.73. The summed E-state index contributed by atoms with van der Waals surface area (Å²) in [6, 6.07) is 14.1. The lowest BCUT2D eigenvalue weighted by atomic mass is 10.0. The van der Waals surface area contributed by atoms with Crippen molar-refractivity contribution in [2.45, 2.75) is 38.8 Å². The molecule has 1 N–H and O–H groups in total. The predicted molar refractivity (Wildman–Crippen MR) is 126 cm³/mol. The minimum atomic E-state index is -4.56. The molecule has 0 saturated carbocycles. The summed E-state index contributed by atoms with van der Waals surface area (Å²) in [6.07, 6.45) is -3.17. The van der Waals surface area contributed by atoms with Gasteiger partial charge in [0.15, 0.2) is 5.69 Å². The zero-order chi connectivity index (χ0) is 24.0. The van der Waals surface area contributed by atoms with E-state index in [2.05, 4.69) is 9.88 Å². The van der Waals surface area contributed by atoms with Crippen molar-refractivity contribution in [3.63, 3.8) is 0 Å². The lowest BCUT2D eigenvalue weighted by Gasteiger charge is -2.35. The van der Waals surface area contributed by atoms with Gasteiger partial charge in [0.1, 0.15) is 5.75 Å². The van der Waals surface area contributed by atoms with E-state index in [9.17, 15) is 18.3 Å². The number of ether oxygens (including phenoxy) is 1. The molecule has 2 atom stereocenters. The van der Waals surface area contributed by atoms with Crippen LogP contribution >= 0.6 is 0 Å². The van der Waals surface area contributed by atoms with Crippen LogP contribution in [0.15, 0.2) is 54.7 Å². The summed E-state index contributed by atoms with van der Waals surface area (Å²) < 4.78 is 49.5. The third-order valence-electron chi connectivity index (χ3n) is 6.38. The molecule has 1 fully saturated rings. The van der Waals surface area contributed by atoms with E-state index < -0.39 is 11.9 Å². The number of pyridine rings is 1. The molecule has 5 nitrogen and oxygen atoms in total. The first-order chi connectivity index (χ1) is 16.2. The molecule has 0 bridgehead atoms. The summed E-state index contributed by atoms with van der Waals surface area (Å²) in [5, 5.41) is 10.9. The summed E-state index contributed by atoms with van der Waals surface area (Å²) in [6.45, 7) is 6.51. The second kappa shape index (κ2) is 8.60. The first-order valence-electron chi connectivity index (χ1n) is 11.4. The minimum absolute atomic E-state index is 0.0791. The number of aromatic hydroxyl groups is 1. The average Bonchev–Trinajstić information content (AvgIpc) is 3.10. The fourth-order valence-corrected chi connectivity index (χ4v) is 5.03. The molecule has 1 aliphatic heterocycles. The van der Waals surface area contributed by atoms with Crippen molar-refractivity contribution < 1.29 is 23.0 Å². The molecule has 34 heavy (non-hydrogen) atoms. The maximum atomic E-state index is 14.0. The van der Waals surface area contributed by atoms with Gasteiger partial charge in [0.2, 0.25) is 0 Å². The van der Waals surface area contributed by atoms with Gasteiger partial charge in [-0.25, -0.2) is 4.98 Å². The number of hydrogen-bond donors (Lipinski definition) is 1. The van der Waals surface area contributed by atoms with Gasteiger partial charge in [-0.05, 0) is 49.2 Å². The smallest absolute Gasteiger partial charge is 0.435 e. The molecule has 0 amide bonds. The van der Waals surface area contributed by atoms with Gasteiger partial charge in [0.05, 0.1) is 17.7 Å². The van der Waals surface area contributed by atoms with Crippen LogP contribution < -0.4 is 0 Å². The van der Waals surface area contributed by atoms with Gasteiger partial charge in [-0.15, -0.1) is 0 Å². The molecule has 0 spiro atoms. The summed E-state index contributed by atoms with van der Waals surface area (Å²) in [5.41, 5.74) is 1.72. The van der Waals surface area contributed by atoms with Gasteiger partial charge < -0.3 is 14.4 Å². The van der Waals surface area contributed by atoms with Crippen molar-refractivity contribution in [2.75, 3.05) is 19.6 Å². The predicted octanol–water partition coefficient (Wildman–Crippen LogP) is 5.69. The van der Waals surface area contributed by atoms with Crippen LogP contribution in [0.2, 0.25) is 0 Å². The molecule has 0 aliphatic carbocycles. The molecule has 3 heterocycles. The number of hydrogen-bond acceptors (Lipinski definition) is 4. The van der Waals surface area contributed by atoms with Gasteiger partial charge >= 0.3 is 6.18 Å². The monoisotopic (exact) mass is 469 g/mol. The van der Waals surface area contributed by atoms with Crippen LogP contribution in [0.3, 0.4) is 0 Å². The van der Waals surface area contributed by atoms with Crippen molar-refractivity contribution in [3.8, 4) is 16.9 Å². The Balaban J connectivity index is 1.65. The number of nitrogens with zero attached hydrogens (tertiary/aromatic N) is 3. The van der Waals surface area contributed by atoms with Crippen molar-refractivity contribution in [3.05, 3.63) is 60.4 Å². The number of halogens is 3. The molecule has 2 unspecified atom stereocenters. The van der Waals surface area contributed by atoms with E-state index in [-0.39, 0.29) is 23.5 Å². The highest BCUT2D eigenvalue weighted by Crippen LogP contribution is 2.39. The summed E-state index contributed by atoms with van der Waals surface area (Å²) in [4.78, 5) is 5.98. The largest absolute Gasteiger partial charge is 0.508 e. The Bertz CT molecular complexity index is 1320. The van der Waals surface area contributed by atoms with Crippen molar-refractivity contribution in [1.29, 1.82) is 0 Å². The van der Waals surface area contributed by atoms with E-state index in [4.69, 9.17) is 4.74 Å². The molecule has 1 saturated heterocycles.